The number of benzene rings is 1. The second-order valence-corrected chi connectivity index (χ2v) is 4.83. The minimum absolute atomic E-state index is 0.303. The van der Waals surface area contributed by atoms with Crippen molar-refractivity contribution in [2.45, 2.75) is 9.92 Å². The van der Waals surface area contributed by atoms with Gasteiger partial charge in [0.2, 0.25) is 0 Å². The standard InChI is InChI=1S/C12H7ClFNO2S/c13-7-4-5-10(15-6-7)18-9-3-1-2-8(14)11(9)12(16)17/h1-6H,(H,16,17). The molecule has 0 bridgehead atoms. The van der Waals surface area contributed by atoms with Crippen molar-refractivity contribution in [1.82, 2.24) is 4.98 Å². The van der Waals surface area contributed by atoms with E-state index in [0.717, 1.165) is 17.8 Å². The van der Waals surface area contributed by atoms with E-state index in [1.165, 1.54) is 18.3 Å². The zero-order valence-corrected chi connectivity index (χ0v) is 10.5. The van der Waals surface area contributed by atoms with E-state index in [1.807, 2.05) is 0 Å². The molecule has 0 atom stereocenters. The first-order chi connectivity index (χ1) is 8.58. The summed E-state index contributed by atoms with van der Waals surface area (Å²) < 4.78 is 13.4. The molecule has 2 aromatic rings. The van der Waals surface area contributed by atoms with Gasteiger partial charge in [-0.25, -0.2) is 14.2 Å². The Balaban J connectivity index is 2.37. The number of hydrogen-bond donors (Lipinski definition) is 1. The second kappa shape index (κ2) is 5.37. The lowest BCUT2D eigenvalue weighted by atomic mass is 10.2. The Bertz CT molecular complexity index is 589. The normalized spacial score (nSPS) is 10.3. The van der Waals surface area contributed by atoms with Crippen LogP contribution in [0.4, 0.5) is 4.39 Å². The predicted octanol–water partition coefficient (Wildman–Crippen LogP) is 3.72. The molecule has 0 aliphatic heterocycles. The van der Waals surface area contributed by atoms with Gasteiger partial charge in [0.1, 0.15) is 16.4 Å². The van der Waals surface area contributed by atoms with E-state index in [-0.39, 0.29) is 5.56 Å². The van der Waals surface area contributed by atoms with Gasteiger partial charge < -0.3 is 5.11 Å². The van der Waals surface area contributed by atoms with Crippen LogP contribution in [0.15, 0.2) is 46.5 Å². The number of carbonyl (C=O) groups is 1. The van der Waals surface area contributed by atoms with Crippen molar-refractivity contribution in [1.29, 1.82) is 0 Å². The first kappa shape index (κ1) is 12.9. The van der Waals surface area contributed by atoms with Crippen molar-refractivity contribution in [3.8, 4) is 0 Å². The van der Waals surface area contributed by atoms with Crippen LogP contribution in [0, 0.1) is 5.82 Å². The molecule has 2 rings (SSSR count). The van der Waals surface area contributed by atoms with Crippen LogP contribution < -0.4 is 0 Å². The lowest BCUT2D eigenvalue weighted by Gasteiger charge is -2.05. The van der Waals surface area contributed by atoms with Gasteiger partial charge in [-0.15, -0.1) is 0 Å². The van der Waals surface area contributed by atoms with Crippen molar-refractivity contribution in [2.24, 2.45) is 0 Å². The van der Waals surface area contributed by atoms with Crippen LogP contribution in [0.3, 0.4) is 0 Å². The van der Waals surface area contributed by atoms with Crippen molar-refractivity contribution in [2.75, 3.05) is 0 Å². The fourth-order valence-corrected chi connectivity index (χ4v) is 2.34. The SMILES string of the molecule is O=C(O)c1c(F)cccc1Sc1ccc(Cl)cn1. The summed E-state index contributed by atoms with van der Waals surface area (Å²) in [6.07, 6.45) is 1.45. The molecule has 0 amide bonds. The number of carboxylic acid groups (broad SMARTS) is 1. The average Bonchev–Trinajstić information content (AvgIpc) is 2.32. The number of carboxylic acids is 1. The average molecular weight is 284 g/mol. The van der Waals surface area contributed by atoms with Crippen molar-refractivity contribution in [3.63, 3.8) is 0 Å². The molecule has 18 heavy (non-hydrogen) atoms. The molecule has 0 aliphatic rings. The summed E-state index contributed by atoms with van der Waals surface area (Å²) in [6.45, 7) is 0. The Labute approximate surface area is 112 Å². The van der Waals surface area contributed by atoms with Crippen LogP contribution in [0.25, 0.3) is 0 Å². The van der Waals surface area contributed by atoms with E-state index in [1.54, 1.807) is 12.1 Å². The number of aromatic carboxylic acids is 1. The molecule has 1 aromatic carbocycles. The van der Waals surface area contributed by atoms with Gasteiger partial charge in [0, 0.05) is 11.1 Å². The maximum absolute atomic E-state index is 13.4. The van der Waals surface area contributed by atoms with E-state index in [0.29, 0.717) is 14.9 Å². The minimum atomic E-state index is -1.30. The topological polar surface area (TPSA) is 50.2 Å². The number of rotatable bonds is 3. The maximum atomic E-state index is 13.4. The van der Waals surface area contributed by atoms with E-state index in [2.05, 4.69) is 4.98 Å². The smallest absolute Gasteiger partial charge is 0.339 e. The molecule has 0 aliphatic carbocycles. The van der Waals surface area contributed by atoms with Gasteiger partial charge >= 0.3 is 5.97 Å². The molecule has 1 aromatic heterocycles. The lowest BCUT2D eigenvalue weighted by molar-refractivity contribution is 0.0688. The highest BCUT2D eigenvalue weighted by Gasteiger charge is 2.16. The van der Waals surface area contributed by atoms with Crippen molar-refractivity contribution >= 4 is 29.3 Å². The first-order valence-corrected chi connectivity index (χ1v) is 6.08. The lowest BCUT2D eigenvalue weighted by Crippen LogP contribution is -2.02. The van der Waals surface area contributed by atoms with Gasteiger partial charge in [-0.2, -0.15) is 0 Å². The summed E-state index contributed by atoms with van der Waals surface area (Å²) in [4.78, 5) is 15.3. The molecule has 1 N–H and O–H groups in total. The molecule has 0 spiro atoms. The van der Waals surface area contributed by atoms with Gasteiger partial charge in [0.15, 0.2) is 0 Å². The molecular formula is C12H7ClFNO2S. The number of nitrogens with zero attached hydrogens (tertiary/aromatic N) is 1. The van der Waals surface area contributed by atoms with Crippen LogP contribution in [0.2, 0.25) is 5.02 Å². The molecule has 3 nitrogen and oxygen atoms in total. The van der Waals surface area contributed by atoms with Crippen LogP contribution >= 0.6 is 23.4 Å². The van der Waals surface area contributed by atoms with Gasteiger partial charge in [0.25, 0.3) is 0 Å². The molecule has 0 radical (unpaired) electrons. The van der Waals surface area contributed by atoms with Crippen molar-refractivity contribution < 1.29 is 14.3 Å². The fourth-order valence-electron chi connectivity index (χ4n) is 1.33. The molecule has 0 saturated carbocycles. The summed E-state index contributed by atoms with van der Waals surface area (Å²) in [5.41, 5.74) is -0.348. The summed E-state index contributed by atoms with van der Waals surface area (Å²) in [6, 6.07) is 7.39. The highest BCUT2D eigenvalue weighted by molar-refractivity contribution is 7.99. The quantitative estimate of drug-likeness (QED) is 0.932. The Morgan fingerprint density at radius 1 is 1.33 bits per heavy atom. The van der Waals surface area contributed by atoms with E-state index in [9.17, 15) is 9.18 Å². The number of hydrogen-bond acceptors (Lipinski definition) is 3. The predicted molar refractivity (Wildman–Crippen MR) is 66.7 cm³/mol. The molecular weight excluding hydrogens is 277 g/mol. The second-order valence-electron chi connectivity index (χ2n) is 3.33. The van der Waals surface area contributed by atoms with E-state index in [4.69, 9.17) is 16.7 Å². The van der Waals surface area contributed by atoms with Gasteiger partial charge in [-0.3, -0.25) is 0 Å². The summed E-state index contributed by atoms with van der Waals surface area (Å²) in [5.74, 6) is -2.06. The molecule has 1 heterocycles. The molecule has 6 heteroatoms. The molecule has 0 fully saturated rings. The highest BCUT2D eigenvalue weighted by Crippen LogP contribution is 2.30. The third-order valence-corrected chi connectivity index (χ3v) is 3.34. The summed E-state index contributed by atoms with van der Waals surface area (Å²) in [5, 5.41) is 10.0. The fraction of sp³-hybridized carbons (Fsp3) is 0. The third kappa shape index (κ3) is 2.80. The van der Waals surface area contributed by atoms with Gasteiger partial charge in [-0.05, 0) is 24.3 Å². The van der Waals surface area contributed by atoms with Gasteiger partial charge in [0.05, 0.1) is 5.02 Å². The largest absolute Gasteiger partial charge is 0.478 e. The Morgan fingerprint density at radius 3 is 2.72 bits per heavy atom. The van der Waals surface area contributed by atoms with Crippen molar-refractivity contribution in [3.05, 3.63) is 52.9 Å². The number of aromatic nitrogens is 1. The maximum Gasteiger partial charge on any atom is 0.339 e. The minimum Gasteiger partial charge on any atom is -0.478 e. The van der Waals surface area contributed by atoms with Crippen LogP contribution in [0.1, 0.15) is 10.4 Å². The Hall–Kier alpha value is -1.59. The molecule has 0 unspecified atom stereocenters. The van der Waals surface area contributed by atoms with E-state index >= 15 is 0 Å². The van der Waals surface area contributed by atoms with E-state index < -0.39 is 11.8 Å². The summed E-state index contributed by atoms with van der Waals surface area (Å²) >= 11 is 6.77. The zero-order chi connectivity index (χ0) is 13.1. The zero-order valence-electron chi connectivity index (χ0n) is 8.93. The third-order valence-electron chi connectivity index (χ3n) is 2.10. The number of pyridine rings is 1. The monoisotopic (exact) mass is 283 g/mol. The Morgan fingerprint density at radius 2 is 2.11 bits per heavy atom. The first-order valence-electron chi connectivity index (χ1n) is 4.89. The van der Waals surface area contributed by atoms with Crippen LogP contribution in [0.5, 0.6) is 0 Å². The number of halogens is 2. The van der Waals surface area contributed by atoms with Gasteiger partial charge in [-0.1, -0.05) is 29.4 Å². The van der Waals surface area contributed by atoms with Crippen LogP contribution in [-0.4, -0.2) is 16.1 Å². The summed E-state index contributed by atoms with van der Waals surface area (Å²) in [7, 11) is 0. The molecule has 92 valence electrons. The highest BCUT2D eigenvalue weighted by atomic mass is 35.5. The van der Waals surface area contributed by atoms with Crippen LogP contribution in [-0.2, 0) is 0 Å². The molecule has 0 saturated heterocycles. The Kier molecular flexibility index (Phi) is 3.84.